The Morgan fingerprint density at radius 1 is 1.20 bits per heavy atom. The fraction of sp³-hybridized carbons (Fsp3) is 1.00. The fourth-order valence-corrected chi connectivity index (χ4v) is 1.46. The van der Waals surface area contributed by atoms with E-state index in [1.807, 2.05) is 0 Å². The third-order valence-electron chi connectivity index (χ3n) is 2.25. The van der Waals surface area contributed by atoms with Crippen LogP contribution in [-0.2, 0) is 0 Å². The topological polar surface area (TPSA) is 29.3 Å². The Labute approximate surface area is 63.4 Å². The lowest BCUT2D eigenvalue weighted by Crippen LogP contribution is -2.43. The summed E-state index contributed by atoms with van der Waals surface area (Å²) < 4.78 is 0. The third kappa shape index (κ3) is 1.70. The molecule has 0 aliphatic carbocycles. The Morgan fingerprint density at radius 3 is 2.10 bits per heavy atom. The SMILES string of the molecule is CC(C)[C@H](N)N1CCCC1. The fourth-order valence-electron chi connectivity index (χ4n) is 1.46. The number of rotatable bonds is 2. The van der Waals surface area contributed by atoms with E-state index in [0.717, 1.165) is 0 Å². The summed E-state index contributed by atoms with van der Waals surface area (Å²) in [5.74, 6) is 0.595. The van der Waals surface area contributed by atoms with E-state index in [0.29, 0.717) is 12.1 Å². The van der Waals surface area contributed by atoms with Gasteiger partial charge in [0.25, 0.3) is 0 Å². The number of nitrogens with two attached hydrogens (primary N) is 1. The Kier molecular flexibility index (Phi) is 2.69. The predicted molar refractivity (Wildman–Crippen MR) is 43.6 cm³/mol. The molecule has 1 rings (SSSR count). The Balaban J connectivity index is 2.32. The summed E-state index contributed by atoms with van der Waals surface area (Å²) in [5, 5.41) is 0. The minimum Gasteiger partial charge on any atom is -0.316 e. The smallest absolute Gasteiger partial charge is 0.0595 e. The summed E-state index contributed by atoms with van der Waals surface area (Å²) in [4.78, 5) is 2.38. The maximum atomic E-state index is 5.95. The monoisotopic (exact) mass is 142 g/mol. The van der Waals surface area contributed by atoms with Gasteiger partial charge in [0, 0.05) is 0 Å². The molecule has 1 saturated heterocycles. The quantitative estimate of drug-likeness (QED) is 0.624. The average molecular weight is 142 g/mol. The van der Waals surface area contributed by atoms with Gasteiger partial charge in [0.1, 0.15) is 0 Å². The summed E-state index contributed by atoms with van der Waals surface area (Å²) in [6.07, 6.45) is 2.96. The van der Waals surface area contributed by atoms with Crippen molar-refractivity contribution in [3.05, 3.63) is 0 Å². The van der Waals surface area contributed by atoms with Crippen molar-refractivity contribution in [3.63, 3.8) is 0 Å². The Bertz CT molecular complexity index is 95.4. The molecular weight excluding hydrogens is 124 g/mol. The summed E-state index contributed by atoms with van der Waals surface area (Å²) in [5.41, 5.74) is 5.95. The van der Waals surface area contributed by atoms with Gasteiger partial charge < -0.3 is 5.73 Å². The molecule has 0 amide bonds. The molecule has 0 aromatic rings. The van der Waals surface area contributed by atoms with Crippen molar-refractivity contribution in [3.8, 4) is 0 Å². The van der Waals surface area contributed by atoms with E-state index in [4.69, 9.17) is 5.73 Å². The minimum atomic E-state index is 0.294. The van der Waals surface area contributed by atoms with Gasteiger partial charge in [-0.1, -0.05) is 13.8 Å². The van der Waals surface area contributed by atoms with Crippen LogP contribution in [0.1, 0.15) is 26.7 Å². The van der Waals surface area contributed by atoms with Crippen LogP contribution in [0.15, 0.2) is 0 Å². The zero-order chi connectivity index (χ0) is 7.56. The normalized spacial score (nSPS) is 24.0. The van der Waals surface area contributed by atoms with E-state index in [9.17, 15) is 0 Å². The first kappa shape index (κ1) is 8.02. The first-order chi connectivity index (χ1) is 4.72. The van der Waals surface area contributed by atoms with Crippen molar-refractivity contribution >= 4 is 0 Å². The third-order valence-corrected chi connectivity index (χ3v) is 2.25. The van der Waals surface area contributed by atoms with E-state index < -0.39 is 0 Å². The largest absolute Gasteiger partial charge is 0.316 e. The highest BCUT2D eigenvalue weighted by Gasteiger charge is 2.20. The molecule has 1 fully saturated rings. The second kappa shape index (κ2) is 3.35. The zero-order valence-corrected chi connectivity index (χ0v) is 7.01. The summed E-state index contributed by atoms with van der Waals surface area (Å²) >= 11 is 0. The summed E-state index contributed by atoms with van der Waals surface area (Å²) in [6, 6.07) is 0. The maximum Gasteiger partial charge on any atom is 0.0595 e. The van der Waals surface area contributed by atoms with E-state index in [1.165, 1.54) is 25.9 Å². The molecule has 1 atom stereocenters. The number of hydrogen-bond donors (Lipinski definition) is 1. The molecule has 2 N–H and O–H groups in total. The van der Waals surface area contributed by atoms with Crippen molar-refractivity contribution in [2.45, 2.75) is 32.9 Å². The van der Waals surface area contributed by atoms with Crippen LogP contribution in [0.5, 0.6) is 0 Å². The van der Waals surface area contributed by atoms with Gasteiger partial charge in [-0.25, -0.2) is 0 Å². The molecule has 2 nitrogen and oxygen atoms in total. The van der Waals surface area contributed by atoms with Gasteiger partial charge in [0.2, 0.25) is 0 Å². The zero-order valence-electron chi connectivity index (χ0n) is 7.01. The van der Waals surface area contributed by atoms with Crippen LogP contribution in [0.4, 0.5) is 0 Å². The molecule has 0 bridgehead atoms. The highest BCUT2D eigenvalue weighted by Crippen LogP contribution is 2.13. The number of nitrogens with zero attached hydrogens (tertiary/aromatic N) is 1. The Morgan fingerprint density at radius 2 is 1.70 bits per heavy atom. The van der Waals surface area contributed by atoms with Crippen LogP contribution < -0.4 is 5.73 Å². The molecule has 0 saturated carbocycles. The van der Waals surface area contributed by atoms with Crippen LogP contribution >= 0.6 is 0 Å². The van der Waals surface area contributed by atoms with Crippen molar-refractivity contribution in [2.24, 2.45) is 11.7 Å². The molecule has 0 aromatic heterocycles. The van der Waals surface area contributed by atoms with E-state index in [-0.39, 0.29) is 0 Å². The second-order valence-corrected chi connectivity index (χ2v) is 3.48. The molecule has 60 valence electrons. The Hall–Kier alpha value is -0.0800. The molecule has 10 heavy (non-hydrogen) atoms. The predicted octanol–water partition coefficient (Wildman–Crippen LogP) is 1.02. The molecule has 1 aliphatic rings. The van der Waals surface area contributed by atoms with Gasteiger partial charge in [-0.15, -0.1) is 0 Å². The summed E-state index contributed by atoms with van der Waals surface area (Å²) in [6.45, 7) is 6.78. The molecule has 0 unspecified atom stereocenters. The van der Waals surface area contributed by atoms with Crippen LogP contribution in [0.2, 0.25) is 0 Å². The molecule has 2 heteroatoms. The van der Waals surface area contributed by atoms with Crippen molar-refractivity contribution in [1.29, 1.82) is 0 Å². The van der Waals surface area contributed by atoms with Crippen molar-refractivity contribution < 1.29 is 0 Å². The van der Waals surface area contributed by atoms with E-state index in [1.54, 1.807) is 0 Å². The van der Waals surface area contributed by atoms with Gasteiger partial charge in [0.05, 0.1) is 6.17 Å². The second-order valence-electron chi connectivity index (χ2n) is 3.48. The first-order valence-corrected chi connectivity index (χ1v) is 4.21. The van der Waals surface area contributed by atoms with Gasteiger partial charge in [0.15, 0.2) is 0 Å². The maximum absolute atomic E-state index is 5.95. The van der Waals surface area contributed by atoms with Crippen LogP contribution in [-0.4, -0.2) is 24.2 Å². The molecule has 1 aliphatic heterocycles. The molecule has 1 heterocycles. The molecule has 0 spiro atoms. The van der Waals surface area contributed by atoms with Gasteiger partial charge in [-0.3, -0.25) is 4.90 Å². The van der Waals surface area contributed by atoms with E-state index >= 15 is 0 Å². The molecule has 0 radical (unpaired) electrons. The van der Waals surface area contributed by atoms with Gasteiger partial charge in [-0.2, -0.15) is 0 Å². The van der Waals surface area contributed by atoms with Crippen LogP contribution in [0.25, 0.3) is 0 Å². The van der Waals surface area contributed by atoms with Gasteiger partial charge >= 0.3 is 0 Å². The van der Waals surface area contributed by atoms with Gasteiger partial charge in [-0.05, 0) is 31.8 Å². The van der Waals surface area contributed by atoms with Crippen LogP contribution in [0.3, 0.4) is 0 Å². The average Bonchev–Trinajstić information content (AvgIpc) is 2.36. The molecular formula is C8H18N2. The standard InChI is InChI=1S/C8H18N2/c1-7(2)8(9)10-5-3-4-6-10/h7-8H,3-6,9H2,1-2H3/t8-/m1/s1. The van der Waals surface area contributed by atoms with E-state index in [2.05, 4.69) is 18.7 Å². The first-order valence-electron chi connectivity index (χ1n) is 4.21. The molecule has 0 aromatic carbocycles. The highest BCUT2D eigenvalue weighted by molar-refractivity contribution is 4.73. The lowest BCUT2D eigenvalue weighted by molar-refractivity contribution is 0.197. The van der Waals surface area contributed by atoms with Crippen molar-refractivity contribution in [2.75, 3.05) is 13.1 Å². The number of likely N-dealkylation sites (tertiary alicyclic amines) is 1. The number of hydrogen-bond acceptors (Lipinski definition) is 2. The lowest BCUT2D eigenvalue weighted by atomic mass is 10.1. The lowest BCUT2D eigenvalue weighted by Gasteiger charge is -2.26. The van der Waals surface area contributed by atoms with Crippen LogP contribution in [0, 0.1) is 5.92 Å². The minimum absolute atomic E-state index is 0.294. The van der Waals surface area contributed by atoms with Crippen molar-refractivity contribution in [1.82, 2.24) is 4.90 Å². The highest BCUT2D eigenvalue weighted by atomic mass is 15.2. The summed E-state index contributed by atoms with van der Waals surface area (Å²) in [7, 11) is 0.